The zero-order chi connectivity index (χ0) is 21.3. The number of hydrogen-bond donors (Lipinski definition) is 1. The number of sulfonamides is 1. The zero-order valence-electron chi connectivity index (χ0n) is 15.3. The van der Waals surface area contributed by atoms with Gasteiger partial charge in [0.2, 0.25) is 0 Å². The number of nitrogens with one attached hydrogen (secondary N) is 1. The minimum atomic E-state index is -3.75. The number of hydrogen-bond acceptors (Lipinski definition) is 6. The van der Waals surface area contributed by atoms with Gasteiger partial charge in [0.05, 0.1) is 9.92 Å². The van der Waals surface area contributed by atoms with Gasteiger partial charge >= 0.3 is 0 Å². The monoisotopic (exact) mass is 487 g/mol. The first-order chi connectivity index (χ1) is 14.3. The van der Waals surface area contributed by atoms with Crippen LogP contribution < -0.4 is 14.4 Å². The molecule has 11 heteroatoms. The number of aromatic nitrogens is 1. The number of ether oxygens (including phenoxy) is 1. The maximum Gasteiger partial charge on any atom is 0.268 e. The molecular formula is C19H19Cl2N3O4S2. The molecule has 2 heterocycles. The molecule has 0 unspecified atom stereocenters. The molecule has 1 aromatic heterocycles. The Morgan fingerprint density at radius 1 is 1.20 bits per heavy atom. The lowest BCUT2D eigenvalue weighted by atomic mass is 10.3. The second kappa shape index (κ2) is 8.43. The number of halogens is 2. The number of rotatable bonds is 6. The molecule has 7 nitrogen and oxygen atoms in total. The van der Waals surface area contributed by atoms with Crippen LogP contribution in [0, 0.1) is 0 Å². The highest BCUT2D eigenvalue weighted by Crippen LogP contribution is 2.34. The quantitative estimate of drug-likeness (QED) is 0.532. The third-order valence-corrected chi connectivity index (χ3v) is 7.43. The molecule has 0 radical (unpaired) electrons. The Kier molecular flexibility index (Phi) is 5.88. The van der Waals surface area contributed by atoms with Crippen molar-refractivity contribution < 1.29 is 20.8 Å². The Hall–Kier alpha value is -2.33. The molecule has 160 valence electrons. The lowest BCUT2D eigenvalue weighted by Crippen LogP contribution is -2.32. The van der Waals surface area contributed by atoms with E-state index in [-0.39, 0.29) is 23.8 Å². The molecule has 0 bridgehead atoms. The molecule has 0 spiro atoms. The van der Waals surface area contributed by atoms with Crippen molar-refractivity contribution in [3.05, 3.63) is 64.1 Å². The van der Waals surface area contributed by atoms with Gasteiger partial charge in [-0.3, -0.25) is 9.52 Å². The third kappa shape index (κ3) is 4.24. The predicted octanol–water partition coefficient (Wildman–Crippen LogP) is 4.93. The van der Waals surface area contributed by atoms with Crippen LogP contribution in [-0.2, 0) is 14.8 Å². The van der Waals surface area contributed by atoms with E-state index in [1.54, 1.807) is 40.6 Å². The van der Waals surface area contributed by atoms with Gasteiger partial charge in [0.1, 0.15) is 10.8 Å². The molecular weight excluding hydrogens is 469 g/mol. The van der Waals surface area contributed by atoms with Gasteiger partial charge in [-0.25, -0.2) is 13.4 Å². The molecule has 3 aromatic rings. The first kappa shape index (κ1) is 20.9. The molecule has 1 N–H and O–H groups in total. The van der Waals surface area contributed by atoms with Crippen LogP contribution in [0.2, 0.25) is 10.0 Å². The fourth-order valence-electron chi connectivity index (χ4n) is 3.00. The summed E-state index contributed by atoms with van der Waals surface area (Å²) in [7, 11) is -3.75. The van der Waals surface area contributed by atoms with E-state index in [9.17, 15) is 13.2 Å². The fraction of sp³-hybridized carbons (Fsp3) is 0.158. The molecule has 30 heavy (non-hydrogen) atoms. The number of thiazole rings is 1. The van der Waals surface area contributed by atoms with E-state index in [2.05, 4.69) is 9.71 Å². The van der Waals surface area contributed by atoms with E-state index in [0.29, 0.717) is 29.4 Å². The maximum atomic E-state index is 12.8. The van der Waals surface area contributed by atoms with Crippen LogP contribution in [0.3, 0.4) is 0 Å². The minimum absolute atomic E-state index is 0. The number of carbonyl (C=O) groups excluding carboxylic acids is 1. The number of nitrogens with zero attached hydrogens (tertiary/aromatic N) is 2. The smallest absolute Gasteiger partial charge is 0.268 e. The van der Waals surface area contributed by atoms with Gasteiger partial charge in [0, 0.05) is 33.1 Å². The highest BCUT2D eigenvalue weighted by molar-refractivity contribution is 7.93. The number of amides is 1. The summed E-state index contributed by atoms with van der Waals surface area (Å²) < 4.78 is 33.1. The largest absolute Gasteiger partial charge is 0.479 e. The van der Waals surface area contributed by atoms with Crippen LogP contribution >= 0.6 is 34.5 Å². The van der Waals surface area contributed by atoms with Crippen molar-refractivity contribution in [2.24, 2.45) is 0 Å². The number of anilines is 2. The summed E-state index contributed by atoms with van der Waals surface area (Å²) in [6, 6.07) is 11.0. The lowest BCUT2D eigenvalue weighted by Gasteiger charge is -2.18. The van der Waals surface area contributed by atoms with Crippen LogP contribution in [0.15, 0.2) is 58.9 Å². The summed E-state index contributed by atoms with van der Waals surface area (Å²) in [6.07, 6.45) is 1.28. The maximum absolute atomic E-state index is 12.8. The van der Waals surface area contributed by atoms with Crippen LogP contribution in [0.5, 0.6) is 5.75 Å². The topological polar surface area (TPSA) is 88.6 Å². The van der Waals surface area contributed by atoms with Crippen molar-refractivity contribution in [1.82, 2.24) is 4.98 Å². The van der Waals surface area contributed by atoms with Gasteiger partial charge in [-0.15, -0.1) is 11.3 Å². The second-order valence-corrected chi connectivity index (χ2v) is 9.74. The van der Waals surface area contributed by atoms with E-state index in [1.807, 2.05) is 0 Å². The van der Waals surface area contributed by atoms with E-state index < -0.39 is 16.1 Å². The zero-order valence-corrected chi connectivity index (χ0v) is 18.4. The molecule has 0 aliphatic carbocycles. The van der Waals surface area contributed by atoms with Crippen LogP contribution in [0.4, 0.5) is 10.8 Å². The summed E-state index contributed by atoms with van der Waals surface area (Å²) in [6.45, 7) is 0.436. The van der Waals surface area contributed by atoms with Crippen molar-refractivity contribution in [2.75, 3.05) is 16.2 Å². The summed E-state index contributed by atoms with van der Waals surface area (Å²) in [4.78, 5) is 18.3. The molecule has 1 amide bonds. The normalized spacial score (nSPS) is 16.7. The van der Waals surface area contributed by atoms with E-state index in [4.69, 9.17) is 27.9 Å². The SMILES string of the molecule is O=C1[C@@H](Oc2cccc(Cl)c2Cl)CCN1c1ccc(S(=O)(=O)Nc2nccs2)cc1.[HH].[HH]. The molecule has 2 aromatic carbocycles. The molecule has 1 atom stereocenters. The molecule has 4 rings (SSSR count). The van der Waals surface area contributed by atoms with Gasteiger partial charge in [-0.1, -0.05) is 29.3 Å². The van der Waals surface area contributed by atoms with Gasteiger partial charge in [0.15, 0.2) is 11.2 Å². The summed E-state index contributed by atoms with van der Waals surface area (Å²) in [5, 5.41) is 2.57. The molecule has 1 aliphatic heterocycles. The third-order valence-electron chi connectivity index (χ3n) is 4.45. The minimum Gasteiger partial charge on any atom is -0.479 e. The van der Waals surface area contributed by atoms with Gasteiger partial charge < -0.3 is 9.64 Å². The number of carbonyl (C=O) groups is 1. The van der Waals surface area contributed by atoms with Crippen LogP contribution in [-0.4, -0.2) is 32.0 Å². The average molecular weight is 488 g/mol. The standard InChI is InChI=1S/C19H15Cl2N3O4S2.2H2/c20-14-2-1-3-15(17(14)21)28-16-8-10-24(18(16)25)12-4-6-13(7-5-12)30(26,27)23-19-22-9-11-29-19;;/h1-7,9,11,16H,8,10H2,(H,22,23);2*1H/t16-;;/m0../s1. The Morgan fingerprint density at radius 3 is 2.67 bits per heavy atom. The predicted molar refractivity (Wildman–Crippen MR) is 121 cm³/mol. The molecule has 1 saturated heterocycles. The van der Waals surface area contributed by atoms with Crippen LogP contribution in [0.25, 0.3) is 0 Å². The van der Waals surface area contributed by atoms with Crippen molar-refractivity contribution in [3.8, 4) is 5.75 Å². The molecule has 1 aliphatic rings. The van der Waals surface area contributed by atoms with Gasteiger partial charge in [-0.05, 0) is 36.4 Å². The lowest BCUT2D eigenvalue weighted by molar-refractivity contribution is -0.122. The van der Waals surface area contributed by atoms with Crippen molar-refractivity contribution in [1.29, 1.82) is 0 Å². The molecule has 0 saturated carbocycles. The highest BCUT2D eigenvalue weighted by Gasteiger charge is 2.35. The summed E-state index contributed by atoms with van der Waals surface area (Å²) >= 11 is 13.3. The average Bonchev–Trinajstić information content (AvgIpc) is 3.35. The Bertz CT molecular complexity index is 1180. The Morgan fingerprint density at radius 2 is 1.97 bits per heavy atom. The first-order valence-corrected chi connectivity index (χ1v) is 11.9. The molecule has 1 fully saturated rings. The van der Waals surface area contributed by atoms with E-state index in [1.165, 1.54) is 29.7 Å². The van der Waals surface area contributed by atoms with Crippen molar-refractivity contribution in [2.45, 2.75) is 17.4 Å². The van der Waals surface area contributed by atoms with Crippen molar-refractivity contribution >= 4 is 61.3 Å². The first-order valence-electron chi connectivity index (χ1n) is 8.79. The van der Waals surface area contributed by atoms with E-state index >= 15 is 0 Å². The van der Waals surface area contributed by atoms with Gasteiger partial charge in [-0.2, -0.15) is 0 Å². The Labute approximate surface area is 190 Å². The fourth-order valence-corrected chi connectivity index (χ4v) is 5.13. The van der Waals surface area contributed by atoms with Crippen LogP contribution in [0.1, 0.15) is 9.27 Å². The number of benzene rings is 2. The van der Waals surface area contributed by atoms with Crippen molar-refractivity contribution in [3.63, 3.8) is 0 Å². The summed E-state index contributed by atoms with van der Waals surface area (Å²) in [5.74, 6) is 0.113. The van der Waals surface area contributed by atoms with Gasteiger partial charge in [0.25, 0.3) is 15.9 Å². The summed E-state index contributed by atoms with van der Waals surface area (Å²) in [5.41, 5.74) is 0.580. The highest BCUT2D eigenvalue weighted by atomic mass is 35.5. The Balaban J connectivity index is 0.00000181. The van der Waals surface area contributed by atoms with E-state index in [0.717, 1.165) is 0 Å². The second-order valence-electron chi connectivity index (χ2n) is 6.37.